The summed E-state index contributed by atoms with van der Waals surface area (Å²) in [6.07, 6.45) is 0. The molecule has 0 fully saturated rings. The molecule has 0 nitrogen and oxygen atoms in total. The van der Waals surface area contributed by atoms with Crippen LogP contribution < -0.4 is 5.19 Å². The average Bonchev–Trinajstić information content (AvgIpc) is 2.06. The monoisotopic (exact) mass is 160 g/mol. The second kappa shape index (κ2) is 3.10. The molecule has 0 aliphatic carbocycles. The highest BCUT2D eigenvalue weighted by atomic mass is 28.3. The lowest BCUT2D eigenvalue weighted by Gasteiger charge is -2.17. The molecule has 56 valence electrons. The van der Waals surface area contributed by atoms with Gasteiger partial charge in [-0.2, -0.15) is 0 Å². The first kappa shape index (κ1) is 8.34. The zero-order chi connectivity index (χ0) is 8.32. The molecular formula is C9H13BSi. The van der Waals surface area contributed by atoms with Crippen LogP contribution in [0, 0.1) is 0 Å². The third-order valence-electron chi connectivity index (χ3n) is 2.03. The molecule has 11 heavy (non-hydrogen) atoms. The van der Waals surface area contributed by atoms with E-state index in [2.05, 4.69) is 56.6 Å². The Hall–Kier alpha value is -0.758. The minimum Gasteiger partial charge on any atom is -0.107 e. The van der Waals surface area contributed by atoms with Gasteiger partial charge in [0.1, 0.15) is 7.44 Å². The molecule has 0 aromatic heterocycles. The number of hydrogen-bond donors (Lipinski definition) is 0. The molecule has 0 radical (unpaired) electrons. The van der Waals surface area contributed by atoms with E-state index >= 15 is 0 Å². The van der Waals surface area contributed by atoms with Gasteiger partial charge in [-0.15, -0.1) is 12.3 Å². The van der Waals surface area contributed by atoms with E-state index in [9.17, 15) is 0 Å². The fourth-order valence-electron chi connectivity index (χ4n) is 0.986. The van der Waals surface area contributed by atoms with E-state index in [1.54, 1.807) is 0 Å². The Labute approximate surface area is 70.3 Å². The van der Waals surface area contributed by atoms with E-state index in [1.165, 1.54) is 5.19 Å². The minimum absolute atomic E-state index is 1.29. The summed E-state index contributed by atoms with van der Waals surface area (Å²) in [6.45, 7) is 6.17. The Morgan fingerprint density at radius 3 is 2.36 bits per heavy atom. The zero-order valence-corrected chi connectivity index (χ0v) is 8.17. The van der Waals surface area contributed by atoms with Crippen molar-refractivity contribution in [3.63, 3.8) is 0 Å². The van der Waals surface area contributed by atoms with E-state index in [0.717, 1.165) is 0 Å². The number of rotatable bonds is 2. The standard InChI is InChI=1S/C9H13BSi/c1-3-11(2,10)9-7-5-4-6-8-9/h3-8H,1,10H2,2H3. The van der Waals surface area contributed by atoms with Crippen LogP contribution in [0.1, 0.15) is 0 Å². The second-order valence-electron chi connectivity index (χ2n) is 3.29. The van der Waals surface area contributed by atoms with Gasteiger partial charge in [0.05, 0.1) is 7.94 Å². The predicted molar refractivity (Wildman–Crippen MR) is 56.4 cm³/mol. The van der Waals surface area contributed by atoms with Crippen LogP contribution in [-0.2, 0) is 0 Å². The molecule has 0 heterocycles. The van der Waals surface area contributed by atoms with E-state index in [0.29, 0.717) is 0 Å². The first-order chi connectivity index (χ1) is 5.17. The van der Waals surface area contributed by atoms with Crippen LogP contribution in [0.25, 0.3) is 0 Å². The maximum Gasteiger partial charge on any atom is 0.107 e. The van der Waals surface area contributed by atoms with Crippen LogP contribution in [0.5, 0.6) is 0 Å². The van der Waals surface area contributed by atoms with Crippen molar-refractivity contribution in [1.29, 1.82) is 0 Å². The first-order valence-corrected chi connectivity index (χ1v) is 6.93. The largest absolute Gasteiger partial charge is 0.107 e. The van der Waals surface area contributed by atoms with Gasteiger partial charge in [-0.3, -0.25) is 0 Å². The van der Waals surface area contributed by atoms with Crippen LogP contribution in [-0.4, -0.2) is 15.4 Å². The zero-order valence-electron chi connectivity index (χ0n) is 7.17. The van der Waals surface area contributed by atoms with Crippen molar-refractivity contribution in [3.05, 3.63) is 42.6 Å². The number of benzene rings is 1. The van der Waals surface area contributed by atoms with Crippen molar-refractivity contribution < 1.29 is 0 Å². The van der Waals surface area contributed by atoms with Gasteiger partial charge < -0.3 is 0 Å². The van der Waals surface area contributed by atoms with Gasteiger partial charge >= 0.3 is 0 Å². The lowest BCUT2D eigenvalue weighted by Crippen LogP contribution is -2.43. The minimum atomic E-state index is -1.29. The lowest BCUT2D eigenvalue weighted by atomic mass is 10.4. The van der Waals surface area contributed by atoms with Gasteiger partial charge in [0.25, 0.3) is 0 Å². The molecule has 0 saturated carbocycles. The molecule has 0 aliphatic heterocycles. The lowest BCUT2D eigenvalue weighted by molar-refractivity contribution is 1.75. The molecule has 0 amide bonds. The van der Waals surface area contributed by atoms with Gasteiger partial charge in [0.2, 0.25) is 0 Å². The Balaban J connectivity index is 3.02. The molecule has 2 heteroatoms. The molecule has 0 saturated heterocycles. The Morgan fingerprint density at radius 2 is 1.91 bits per heavy atom. The highest BCUT2D eigenvalue weighted by Gasteiger charge is 2.17. The topological polar surface area (TPSA) is 0 Å². The maximum atomic E-state index is 3.87. The molecule has 1 unspecified atom stereocenters. The Morgan fingerprint density at radius 1 is 1.36 bits per heavy atom. The summed E-state index contributed by atoms with van der Waals surface area (Å²) in [5.74, 6) is 0. The third-order valence-corrected chi connectivity index (χ3v) is 4.87. The molecule has 0 aliphatic rings. The van der Waals surface area contributed by atoms with Crippen LogP contribution in [0.4, 0.5) is 0 Å². The molecule has 0 bridgehead atoms. The Kier molecular flexibility index (Phi) is 2.35. The summed E-state index contributed by atoms with van der Waals surface area (Å²) < 4.78 is 0. The second-order valence-corrected chi connectivity index (χ2v) is 7.72. The SMILES string of the molecule is B[Si](C)(C=C)c1ccccc1. The Bertz CT molecular complexity index is 241. The summed E-state index contributed by atoms with van der Waals surface area (Å²) in [7, 11) is 1.01. The van der Waals surface area contributed by atoms with E-state index in [-0.39, 0.29) is 0 Å². The smallest absolute Gasteiger partial charge is 0.107 e. The molecule has 1 atom stereocenters. The van der Waals surface area contributed by atoms with Gasteiger partial charge in [0, 0.05) is 0 Å². The molecule has 0 N–H and O–H groups in total. The predicted octanol–water partition coefficient (Wildman–Crippen LogP) is 0.827. The summed E-state index contributed by atoms with van der Waals surface area (Å²) in [5.41, 5.74) is 2.11. The summed E-state index contributed by atoms with van der Waals surface area (Å²) in [4.78, 5) is 0. The van der Waals surface area contributed by atoms with E-state index in [1.807, 2.05) is 0 Å². The van der Waals surface area contributed by atoms with Gasteiger partial charge in [0.15, 0.2) is 0 Å². The van der Waals surface area contributed by atoms with Gasteiger partial charge in [-0.25, -0.2) is 0 Å². The third kappa shape index (κ3) is 1.84. The van der Waals surface area contributed by atoms with Gasteiger partial charge in [-0.05, 0) is 0 Å². The fraction of sp³-hybridized carbons (Fsp3) is 0.111. The first-order valence-electron chi connectivity index (χ1n) is 3.86. The highest BCUT2D eigenvalue weighted by Crippen LogP contribution is 1.98. The molecule has 1 aromatic carbocycles. The normalized spacial score (nSPS) is 15.4. The molecule has 1 aromatic rings. The van der Waals surface area contributed by atoms with Crippen molar-refractivity contribution >= 4 is 20.6 Å². The molecule has 0 spiro atoms. The average molecular weight is 160 g/mol. The van der Waals surface area contributed by atoms with Crippen molar-refractivity contribution in [2.45, 2.75) is 6.55 Å². The van der Waals surface area contributed by atoms with Crippen LogP contribution in [0.2, 0.25) is 6.55 Å². The van der Waals surface area contributed by atoms with Gasteiger partial charge in [-0.1, -0.05) is 42.1 Å². The quantitative estimate of drug-likeness (QED) is 0.562. The van der Waals surface area contributed by atoms with Crippen LogP contribution in [0.15, 0.2) is 42.6 Å². The van der Waals surface area contributed by atoms with E-state index in [4.69, 9.17) is 0 Å². The molecular weight excluding hydrogens is 147 g/mol. The van der Waals surface area contributed by atoms with Crippen LogP contribution in [0.3, 0.4) is 0 Å². The summed E-state index contributed by atoms with van der Waals surface area (Å²) in [6, 6.07) is 10.6. The van der Waals surface area contributed by atoms with Crippen molar-refractivity contribution in [1.82, 2.24) is 0 Å². The van der Waals surface area contributed by atoms with E-state index < -0.39 is 7.94 Å². The van der Waals surface area contributed by atoms with Crippen molar-refractivity contribution in [2.75, 3.05) is 0 Å². The summed E-state index contributed by atoms with van der Waals surface area (Å²) in [5, 5.41) is 1.45. The fourth-order valence-corrected chi connectivity index (χ4v) is 2.27. The molecule has 1 rings (SSSR count). The highest BCUT2D eigenvalue weighted by molar-refractivity contribution is 7.26. The van der Waals surface area contributed by atoms with Crippen molar-refractivity contribution in [2.24, 2.45) is 0 Å². The number of hydrogen-bond acceptors (Lipinski definition) is 0. The van der Waals surface area contributed by atoms with Crippen molar-refractivity contribution in [3.8, 4) is 0 Å². The van der Waals surface area contributed by atoms with Crippen LogP contribution >= 0.6 is 0 Å². The maximum absolute atomic E-state index is 3.87. The summed E-state index contributed by atoms with van der Waals surface area (Å²) >= 11 is 0.